The van der Waals surface area contributed by atoms with Gasteiger partial charge in [-0.1, -0.05) is 11.2 Å². The van der Waals surface area contributed by atoms with Gasteiger partial charge in [0.25, 0.3) is 5.91 Å². The van der Waals surface area contributed by atoms with E-state index in [1.807, 2.05) is 0 Å². The monoisotopic (exact) mass is 387 g/mol. The average molecular weight is 387 g/mol. The predicted octanol–water partition coefficient (Wildman–Crippen LogP) is -4.42. The topological polar surface area (TPSA) is 129 Å². The molecule has 0 bridgehead atoms. The number of rotatable bonds is 4. The number of carboxylic acids is 1. The molecule has 11 heteroatoms. The van der Waals surface area contributed by atoms with Crippen molar-refractivity contribution in [3.8, 4) is 0 Å². The number of sulfone groups is 1. The Morgan fingerprint density at radius 2 is 2.15 bits per heavy atom. The van der Waals surface area contributed by atoms with Crippen LogP contribution in [0.25, 0.3) is 6.08 Å². The van der Waals surface area contributed by atoms with Gasteiger partial charge in [0.1, 0.15) is 11.9 Å². The van der Waals surface area contributed by atoms with Gasteiger partial charge in [0, 0.05) is 6.20 Å². The molecule has 2 aliphatic heterocycles. The van der Waals surface area contributed by atoms with Crippen LogP contribution < -0.4 is 34.7 Å². The fraction of sp³-hybridized carbons (Fsp3) is 0.333. The molecule has 0 spiro atoms. The van der Waals surface area contributed by atoms with Gasteiger partial charge in [-0.3, -0.25) is 9.78 Å². The summed E-state index contributed by atoms with van der Waals surface area (Å²) in [6, 6.07) is 3.26. The zero-order chi connectivity index (χ0) is 18.4. The summed E-state index contributed by atoms with van der Waals surface area (Å²) in [5.41, 5.74) is 0.351. The van der Waals surface area contributed by atoms with Crippen molar-refractivity contribution in [1.82, 2.24) is 9.88 Å². The smallest absolute Gasteiger partial charge is 0.548 e. The van der Waals surface area contributed by atoms with E-state index in [-0.39, 0.29) is 35.1 Å². The van der Waals surface area contributed by atoms with E-state index in [9.17, 15) is 23.1 Å². The molecule has 26 heavy (non-hydrogen) atoms. The SMILES string of the molecule is CO/N=C/[C@@]1(C)[C@H](C(=O)[O-])N2C(=O)/C(=C/c3ccccn3)[C@H]2S1(=O)=O.[Na+]. The number of hydrogen-bond donors (Lipinski definition) is 0. The molecule has 3 rings (SSSR count). The van der Waals surface area contributed by atoms with Gasteiger partial charge in [0.05, 0.1) is 29.5 Å². The number of amides is 1. The fourth-order valence-electron chi connectivity index (χ4n) is 3.09. The number of fused-ring (bicyclic) bond motifs is 1. The van der Waals surface area contributed by atoms with E-state index in [4.69, 9.17) is 0 Å². The molecule has 0 aromatic carbocycles. The van der Waals surface area contributed by atoms with Gasteiger partial charge in [0.2, 0.25) is 0 Å². The maximum Gasteiger partial charge on any atom is 1.00 e. The van der Waals surface area contributed by atoms with Gasteiger partial charge >= 0.3 is 29.6 Å². The van der Waals surface area contributed by atoms with Crippen molar-refractivity contribution in [2.45, 2.75) is 23.1 Å². The van der Waals surface area contributed by atoms with Gasteiger partial charge in [-0.15, -0.1) is 0 Å². The van der Waals surface area contributed by atoms with Crippen LogP contribution in [-0.2, 0) is 24.3 Å². The Bertz CT molecular complexity index is 901. The van der Waals surface area contributed by atoms with E-state index in [2.05, 4.69) is 15.0 Å². The van der Waals surface area contributed by atoms with Crippen LogP contribution in [0, 0.1) is 0 Å². The summed E-state index contributed by atoms with van der Waals surface area (Å²) in [4.78, 5) is 33.3. The first-order chi connectivity index (χ1) is 11.8. The van der Waals surface area contributed by atoms with E-state index < -0.39 is 37.9 Å². The third-order valence-electron chi connectivity index (χ3n) is 4.36. The van der Waals surface area contributed by atoms with Crippen LogP contribution in [0.4, 0.5) is 0 Å². The van der Waals surface area contributed by atoms with E-state index in [1.165, 1.54) is 26.3 Å². The molecule has 0 N–H and O–H groups in total. The van der Waals surface area contributed by atoms with Crippen molar-refractivity contribution in [3.05, 3.63) is 35.7 Å². The zero-order valence-corrected chi connectivity index (χ0v) is 17.1. The van der Waals surface area contributed by atoms with Crippen LogP contribution in [0.15, 0.2) is 35.1 Å². The fourth-order valence-corrected chi connectivity index (χ4v) is 5.30. The summed E-state index contributed by atoms with van der Waals surface area (Å²) in [6.07, 6.45) is 3.72. The molecule has 1 aromatic rings. The van der Waals surface area contributed by atoms with Gasteiger partial charge < -0.3 is 19.6 Å². The molecule has 3 atom stereocenters. The van der Waals surface area contributed by atoms with Crippen molar-refractivity contribution in [1.29, 1.82) is 0 Å². The molecule has 0 radical (unpaired) electrons. The Labute approximate surface area is 171 Å². The van der Waals surface area contributed by atoms with Gasteiger partial charge in [0.15, 0.2) is 15.2 Å². The number of β-lactam (4-membered cyclic amide) rings is 1. The van der Waals surface area contributed by atoms with Crippen LogP contribution >= 0.6 is 0 Å². The number of hydrogen-bond acceptors (Lipinski definition) is 8. The number of aliphatic carboxylic acids is 1. The van der Waals surface area contributed by atoms with Gasteiger partial charge in [-0.05, 0) is 25.1 Å². The Morgan fingerprint density at radius 3 is 2.69 bits per heavy atom. The molecule has 3 heterocycles. The minimum absolute atomic E-state index is 0. The molecule has 1 aromatic heterocycles. The van der Waals surface area contributed by atoms with Crippen molar-refractivity contribution in [2.75, 3.05) is 7.11 Å². The van der Waals surface area contributed by atoms with Crippen molar-refractivity contribution in [3.63, 3.8) is 0 Å². The van der Waals surface area contributed by atoms with Crippen LogP contribution in [0.2, 0.25) is 0 Å². The number of aromatic nitrogens is 1. The number of carboxylic acid groups (broad SMARTS) is 1. The van der Waals surface area contributed by atoms with Gasteiger partial charge in [-0.2, -0.15) is 0 Å². The molecule has 2 fully saturated rings. The zero-order valence-electron chi connectivity index (χ0n) is 14.3. The summed E-state index contributed by atoms with van der Waals surface area (Å²) in [5, 5.41) is 13.6. The molecule has 2 aliphatic rings. The number of pyridine rings is 1. The number of oxime groups is 1. The Hall–Kier alpha value is -1.75. The second-order valence-electron chi connectivity index (χ2n) is 5.79. The summed E-state index contributed by atoms with van der Waals surface area (Å²) in [6.45, 7) is 1.18. The molecule has 9 nitrogen and oxygen atoms in total. The molecule has 0 saturated carbocycles. The quantitative estimate of drug-likeness (QED) is 0.168. The van der Waals surface area contributed by atoms with E-state index >= 15 is 0 Å². The van der Waals surface area contributed by atoms with Crippen molar-refractivity contribution >= 4 is 34.0 Å². The molecule has 2 saturated heterocycles. The maximum atomic E-state index is 13.0. The summed E-state index contributed by atoms with van der Waals surface area (Å²) < 4.78 is 23.9. The van der Waals surface area contributed by atoms with Crippen molar-refractivity contribution < 1.29 is 57.5 Å². The first-order valence-corrected chi connectivity index (χ1v) is 8.77. The minimum Gasteiger partial charge on any atom is -0.548 e. The van der Waals surface area contributed by atoms with E-state index in [1.54, 1.807) is 18.2 Å². The van der Waals surface area contributed by atoms with Gasteiger partial charge in [-0.25, -0.2) is 8.42 Å². The Balaban J connectivity index is 0.00000243. The number of nitrogens with zero attached hydrogens (tertiary/aromatic N) is 3. The Kier molecular flexibility index (Phi) is 5.62. The van der Waals surface area contributed by atoms with Crippen LogP contribution in [-0.4, -0.2) is 59.7 Å². The van der Waals surface area contributed by atoms with Crippen molar-refractivity contribution in [2.24, 2.45) is 5.16 Å². The summed E-state index contributed by atoms with van der Waals surface area (Å²) >= 11 is 0. The van der Waals surface area contributed by atoms with Crippen LogP contribution in [0.3, 0.4) is 0 Å². The average Bonchev–Trinajstić information content (AvgIpc) is 2.74. The second-order valence-corrected chi connectivity index (χ2v) is 8.20. The predicted molar refractivity (Wildman–Crippen MR) is 84.5 cm³/mol. The Morgan fingerprint density at radius 1 is 1.46 bits per heavy atom. The summed E-state index contributed by atoms with van der Waals surface area (Å²) in [7, 11) is -2.94. The number of carbonyl (C=O) groups excluding carboxylic acids is 2. The molecule has 1 amide bonds. The third kappa shape index (κ3) is 2.77. The van der Waals surface area contributed by atoms with E-state index in [0.29, 0.717) is 5.69 Å². The first-order valence-electron chi connectivity index (χ1n) is 7.23. The molecule has 132 valence electrons. The van der Waals surface area contributed by atoms with Crippen LogP contribution in [0.1, 0.15) is 12.6 Å². The first kappa shape index (κ1) is 20.6. The van der Waals surface area contributed by atoms with E-state index in [0.717, 1.165) is 11.1 Å². The number of carbonyl (C=O) groups is 2. The molecular weight excluding hydrogens is 373 g/mol. The molecule has 0 unspecified atom stereocenters. The molecular formula is C15H14N3NaO6S. The maximum absolute atomic E-state index is 13.0. The molecule has 0 aliphatic carbocycles. The second kappa shape index (κ2) is 7.10. The third-order valence-corrected chi connectivity index (χ3v) is 6.98. The normalized spacial score (nSPS) is 30.6. The standard InChI is InChI=1S/C15H15N3O6S.Na/c1-15(8-17-24-2)11(14(20)21)18-12(19)10(13(18)25(15,22)23)7-9-5-3-4-6-16-9;/h3-8,11,13H,1-2H3,(H,20,21);/q;+1/p-1/b10-7-,17-8+;/t11-,13+,15-;/m0./s1. The summed E-state index contributed by atoms with van der Waals surface area (Å²) in [5.74, 6) is -2.37. The van der Waals surface area contributed by atoms with Crippen LogP contribution in [0.5, 0.6) is 0 Å². The minimum atomic E-state index is -4.14. The largest absolute Gasteiger partial charge is 1.00 e.